The lowest BCUT2D eigenvalue weighted by molar-refractivity contribution is 0.211. The summed E-state index contributed by atoms with van der Waals surface area (Å²) < 4.78 is 7.95. The Morgan fingerprint density at radius 3 is 2.62 bits per heavy atom. The Balaban J connectivity index is 1.67. The van der Waals surface area contributed by atoms with Crippen molar-refractivity contribution in [3.05, 3.63) is 71.5 Å². The molecular weight excluding hydrogens is 318 g/mol. The second kappa shape index (κ2) is 7.53. The molecule has 4 nitrogen and oxygen atoms in total. The van der Waals surface area contributed by atoms with Crippen molar-refractivity contribution in [1.82, 2.24) is 14.8 Å². The van der Waals surface area contributed by atoms with E-state index < -0.39 is 0 Å². The molecule has 0 saturated heterocycles. The van der Waals surface area contributed by atoms with Crippen LogP contribution in [0, 0.1) is 6.92 Å². The summed E-state index contributed by atoms with van der Waals surface area (Å²) in [5, 5.41) is 9.52. The summed E-state index contributed by atoms with van der Waals surface area (Å²) in [4.78, 5) is 0. The van der Waals surface area contributed by atoms with Crippen LogP contribution in [-0.2, 0) is 12.8 Å². The van der Waals surface area contributed by atoms with Crippen molar-refractivity contribution in [1.29, 1.82) is 0 Å². The fraction of sp³-hybridized carbons (Fsp3) is 0.263. The van der Waals surface area contributed by atoms with E-state index in [1.807, 2.05) is 48.9 Å². The highest BCUT2D eigenvalue weighted by molar-refractivity contribution is 7.98. The summed E-state index contributed by atoms with van der Waals surface area (Å²) >= 11 is 1.69. The zero-order valence-corrected chi connectivity index (χ0v) is 15.0. The third-order valence-electron chi connectivity index (χ3n) is 3.74. The van der Waals surface area contributed by atoms with Gasteiger partial charge in [-0.15, -0.1) is 10.2 Å². The Morgan fingerprint density at radius 1 is 1.08 bits per heavy atom. The predicted molar refractivity (Wildman–Crippen MR) is 97.2 cm³/mol. The van der Waals surface area contributed by atoms with Gasteiger partial charge < -0.3 is 9.30 Å². The number of aromatic nitrogens is 3. The van der Waals surface area contributed by atoms with Crippen molar-refractivity contribution < 1.29 is 4.74 Å². The minimum Gasteiger partial charge on any atom is -0.483 e. The molecule has 0 amide bonds. The highest BCUT2D eigenvalue weighted by Gasteiger charge is 2.17. The van der Waals surface area contributed by atoms with Crippen LogP contribution in [0.15, 0.2) is 59.8 Å². The van der Waals surface area contributed by atoms with Crippen molar-refractivity contribution >= 4 is 11.8 Å². The van der Waals surface area contributed by atoms with Crippen LogP contribution in [0.1, 0.15) is 30.0 Å². The molecule has 0 saturated carbocycles. The van der Waals surface area contributed by atoms with Gasteiger partial charge in [0, 0.05) is 12.8 Å². The van der Waals surface area contributed by atoms with E-state index in [1.165, 1.54) is 11.1 Å². The third-order valence-corrected chi connectivity index (χ3v) is 4.83. The number of nitrogens with zero attached hydrogens (tertiary/aromatic N) is 3. The van der Waals surface area contributed by atoms with Crippen LogP contribution in [0.3, 0.4) is 0 Å². The maximum Gasteiger partial charge on any atom is 0.191 e. The largest absolute Gasteiger partial charge is 0.483 e. The Hall–Kier alpha value is -2.27. The molecular formula is C19H21N3OS. The topological polar surface area (TPSA) is 39.9 Å². The molecule has 0 radical (unpaired) electrons. The van der Waals surface area contributed by atoms with Gasteiger partial charge in [-0.3, -0.25) is 0 Å². The first-order valence-electron chi connectivity index (χ1n) is 7.93. The first-order valence-corrected chi connectivity index (χ1v) is 8.91. The highest BCUT2D eigenvalue weighted by atomic mass is 32.2. The van der Waals surface area contributed by atoms with Crippen LogP contribution in [0.25, 0.3) is 0 Å². The van der Waals surface area contributed by atoms with E-state index in [1.54, 1.807) is 11.8 Å². The molecule has 0 fully saturated rings. The monoisotopic (exact) mass is 339 g/mol. The zero-order valence-electron chi connectivity index (χ0n) is 14.1. The van der Waals surface area contributed by atoms with Gasteiger partial charge in [0.05, 0.1) is 0 Å². The summed E-state index contributed by atoms with van der Waals surface area (Å²) in [6.07, 6.45) is -0.154. The number of rotatable bonds is 6. The first-order chi connectivity index (χ1) is 11.6. The van der Waals surface area contributed by atoms with Gasteiger partial charge in [0.2, 0.25) is 0 Å². The van der Waals surface area contributed by atoms with E-state index in [0.717, 1.165) is 22.5 Å². The molecule has 3 aromatic rings. The molecule has 0 aliphatic heterocycles. The standard InChI is InChI=1S/C19H21N3OS/c1-14-8-7-9-16(12-14)13-24-19-21-20-18(22(19)3)15(2)23-17-10-5-4-6-11-17/h4-12,15H,13H2,1-3H3/t15-/m0/s1. The smallest absolute Gasteiger partial charge is 0.191 e. The van der Waals surface area contributed by atoms with E-state index in [0.29, 0.717) is 0 Å². The van der Waals surface area contributed by atoms with Crippen molar-refractivity contribution in [2.45, 2.75) is 30.9 Å². The van der Waals surface area contributed by atoms with E-state index >= 15 is 0 Å². The lowest BCUT2D eigenvalue weighted by atomic mass is 10.2. The number of ether oxygens (including phenoxy) is 1. The van der Waals surface area contributed by atoms with Crippen molar-refractivity contribution in [2.75, 3.05) is 0 Å². The lowest BCUT2D eigenvalue weighted by Crippen LogP contribution is -2.10. The fourth-order valence-electron chi connectivity index (χ4n) is 2.51. The third kappa shape index (κ3) is 3.97. The number of hydrogen-bond donors (Lipinski definition) is 0. The number of thioether (sulfide) groups is 1. The number of hydrogen-bond acceptors (Lipinski definition) is 4. The van der Waals surface area contributed by atoms with Gasteiger partial charge in [0.15, 0.2) is 17.1 Å². The van der Waals surface area contributed by atoms with E-state index in [9.17, 15) is 0 Å². The number of benzene rings is 2. The van der Waals surface area contributed by atoms with E-state index in [-0.39, 0.29) is 6.10 Å². The van der Waals surface area contributed by atoms with Crippen LogP contribution in [0.4, 0.5) is 0 Å². The summed E-state index contributed by atoms with van der Waals surface area (Å²) in [6.45, 7) is 4.10. The molecule has 2 aromatic carbocycles. The molecule has 0 spiro atoms. The summed E-state index contributed by atoms with van der Waals surface area (Å²) in [5.74, 6) is 2.54. The minimum atomic E-state index is -0.154. The SMILES string of the molecule is Cc1cccc(CSc2nnc([C@H](C)Oc3ccccc3)n2C)c1. The second-order valence-electron chi connectivity index (χ2n) is 5.75. The molecule has 0 aliphatic carbocycles. The van der Waals surface area contributed by atoms with Gasteiger partial charge >= 0.3 is 0 Å². The average molecular weight is 339 g/mol. The minimum absolute atomic E-state index is 0.154. The van der Waals surface area contributed by atoms with Gasteiger partial charge in [-0.05, 0) is 31.5 Å². The molecule has 1 heterocycles. The Bertz CT molecular complexity index is 801. The molecule has 0 aliphatic rings. The Morgan fingerprint density at radius 2 is 1.88 bits per heavy atom. The average Bonchev–Trinajstić information content (AvgIpc) is 2.95. The molecule has 24 heavy (non-hydrogen) atoms. The van der Waals surface area contributed by atoms with Crippen molar-refractivity contribution in [3.8, 4) is 5.75 Å². The highest BCUT2D eigenvalue weighted by Crippen LogP contribution is 2.25. The Kier molecular flexibility index (Phi) is 5.20. The van der Waals surface area contributed by atoms with E-state index in [4.69, 9.17) is 4.74 Å². The molecule has 0 bridgehead atoms. The van der Waals surface area contributed by atoms with Crippen LogP contribution >= 0.6 is 11.8 Å². The van der Waals surface area contributed by atoms with E-state index in [2.05, 4.69) is 41.4 Å². The molecule has 1 atom stereocenters. The van der Waals surface area contributed by atoms with Crippen LogP contribution in [0.5, 0.6) is 5.75 Å². The Labute approximate surface area is 146 Å². The maximum absolute atomic E-state index is 5.94. The van der Waals surface area contributed by atoms with Gasteiger partial charge in [0.25, 0.3) is 0 Å². The van der Waals surface area contributed by atoms with Gasteiger partial charge in [-0.1, -0.05) is 59.8 Å². The van der Waals surface area contributed by atoms with Gasteiger partial charge in [-0.25, -0.2) is 0 Å². The van der Waals surface area contributed by atoms with Crippen LogP contribution in [-0.4, -0.2) is 14.8 Å². The first kappa shape index (κ1) is 16.6. The molecule has 3 rings (SSSR count). The normalized spacial score (nSPS) is 12.1. The molecule has 0 N–H and O–H groups in total. The quantitative estimate of drug-likeness (QED) is 0.617. The fourth-order valence-corrected chi connectivity index (χ4v) is 3.37. The van der Waals surface area contributed by atoms with Crippen molar-refractivity contribution in [2.24, 2.45) is 7.05 Å². The maximum atomic E-state index is 5.94. The predicted octanol–water partition coefficient (Wildman–Crippen LogP) is 4.56. The zero-order chi connectivity index (χ0) is 16.9. The lowest BCUT2D eigenvalue weighted by Gasteiger charge is -2.14. The summed E-state index contributed by atoms with van der Waals surface area (Å²) in [5.41, 5.74) is 2.56. The molecule has 0 unspecified atom stereocenters. The molecule has 5 heteroatoms. The second-order valence-corrected chi connectivity index (χ2v) is 6.69. The summed E-state index contributed by atoms with van der Waals surface area (Å²) in [6, 6.07) is 18.3. The number of para-hydroxylation sites is 1. The van der Waals surface area contributed by atoms with Gasteiger partial charge in [0.1, 0.15) is 5.75 Å². The number of aryl methyl sites for hydroxylation is 1. The van der Waals surface area contributed by atoms with Crippen molar-refractivity contribution in [3.63, 3.8) is 0 Å². The van der Waals surface area contributed by atoms with Crippen LogP contribution in [0.2, 0.25) is 0 Å². The van der Waals surface area contributed by atoms with Gasteiger partial charge in [-0.2, -0.15) is 0 Å². The summed E-state index contributed by atoms with van der Waals surface area (Å²) in [7, 11) is 1.98. The van der Waals surface area contributed by atoms with Crippen LogP contribution < -0.4 is 4.74 Å². The molecule has 124 valence electrons. The molecule has 1 aromatic heterocycles.